The molecule has 14 atom stereocenters. The normalized spacial score (nSPS) is 64.7. The molecule has 1 unspecified atom stereocenters. The second kappa shape index (κ2) is 7.17. The molecule has 4 aliphatic carbocycles. The van der Waals surface area contributed by atoms with E-state index in [2.05, 4.69) is 20.8 Å². The van der Waals surface area contributed by atoms with Crippen molar-refractivity contribution in [3.63, 3.8) is 0 Å². The van der Waals surface area contributed by atoms with Crippen LogP contribution in [0.5, 0.6) is 0 Å². The van der Waals surface area contributed by atoms with Crippen molar-refractivity contribution in [2.45, 2.75) is 115 Å². The van der Waals surface area contributed by atoms with Gasteiger partial charge in [0.2, 0.25) is 0 Å². The lowest BCUT2D eigenvalue weighted by atomic mass is 9.41. The second-order valence-electron chi connectivity index (χ2n) is 13.4. The molecule has 2 heterocycles. The van der Waals surface area contributed by atoms with Crippen molar-refractivity contribution >= 4 is 0 Å². The molecule has 0 aromatic heterocycles. The maximum absolute atomic E-state index is 11.7. The first-order valence-corrected chi connectivity index (χ1v) is 13.6. The fourth-order valence-electron chi connectivity index (χ4n) is 10.4. The number of ether oxygens (including phenoxy) is 2. The van der Waals surface area contributed by atoms with Crippen LogP contribution in [0.3, 0.4) is 0 Å². The van der Waals surface area contributed by atoms with E-state index in [0.717, 1.165) is 45.1 Å². The van der Waals surface area contributed by atoms with Gasteiger partial charge in [-0.05, 0) is 73.5 Å². The van der Waals surface area contributed by atoms with Crippen LogP contribution in [0.4, 0.5) is 0 Å². The first kappa shape index (κ1) is 23.2. The van der Waals surface area contributed by atoms with Gasteiger partial charge in [-0.25, -0.2) is 0 Å². The molecule has 0 bridgehead atoms. The van der Waals surface area contributed by atoms with Gasteiger partial charge in [-0.3, -0.25) is 0 Å². The van der Waals surface area contributed by atoms with E-state index >= 15 is 0 Å². The van der Waals surface area contributed by atoms with Gasteiger partial charge in [-0.15, -0.1) is 0 Å². The highest BCUT2D eigenvalue weighted by molar-refractivity contribution is 5.21. The summed E-state index contributed by atoms with van der Waals surface area (Å²) in [5.41, 5.74) is -2.07. The van der Waals surface area contributed by atoms with E-state index in [9.17, 15) is 20.4 Å². The molecule has 0 amide bonds. The van der Waals surface area contributed by atoms with Crippen molar-refractivity contribution in [1.82, 2.24) is 0 Å². The Bertz CT molecular complexity index is 795. The number of fused-ring (bicyclic) bond motifs is 7. The molecule has 33 heavy (non-hydrogen) atoms. The van der Waals surface area contributed by atoms with Crippen molar-refractivity contribution in [2.75, 3.05) is 6.61 Å². The van der Waals surface area contributed by atoms with E-state index in [0.29, 0.717) is 36.0 Å². The molecule has 4 N–H and O–H groups in total. The topological polar surface area (TPSA) is 99.4 Å². The first-order valence-electron chi connectivity index (χ1n) is 13.6. The minimum atomic E-state index is -1.44. The van der Waals surface area contributed by atoms with Gasteiger partial charge in [0, 0.05) is 24.2 Å². The van der Waals surface area contributed by atoms with Crippen molar-refractivity contribution in [1.29, 1.82) is 0 Å². The van der Waals surface area contributed by atoms with Crippen LogP contribution in [-0.4, -0.2) is 62.8 Å². The zero-order valence-electron chi connectivity index (χ0n) is 20.7. The average Bonchev–Trinajstić information content (AvgIpc) is 3.22. The van der Waals surface area contributed by atoms with Crippen LogP contribution >= 0.6 is 0 Å². The molecule has 2 saturated heterocycles. The molecule has 6 nitrogen and oxygen atoms in total. The average molecular weight is 465 g/mol. The second-order valence-corrected chi connectivity index (χ2v) is 13.4. The van der Waals surface area contributed by atoms with Gasteiger partial charge < -0.3 is 29.9 Å². The maximum Gasteiger partial charge on any atom is 0.171 e. The summed E-state index contributed by atoms with van der Waals surface area (Å²) in [6.45, 7) is 9.85. The summed E-state index contributed by atoms with van der Waals surface area (Å²) in [7, 11) is 0. The number of rotatable bonds is 0. The molecule has 188 valence electrons. The third-order valence-electron chi connectivity index (χ3n) is 12.3. The summed E-state index contributed by atoms with van der Waals surface area (Å²) in [6, 6.07) is 0. The van der Waals surface area contributed by atoms with Gasteiger partial charge in [-0.1, -0.05) is 27.7 Å². The van der Waals surface area contributed by atoms with Crippen LogP contribution in [0.1, 0.15) is 79.1 Å². The Morgan fingerprint density at radius 2 is 1.64 bits per heavy atom. The quantitative estimate of drug-likeness (QED) is 0.440. The Balaban J connectivity index is 1.30. The Kier molecular flexibility index (Phi) is 5.03. The highest BCUT2D eigenvalue weighted by Crippen LogP contribution is 2.71. The van der Waals surface area contributed by atoms with Crippen molar-refractivity contribution < 1.29 is 29.9 Å². The van der Waals surface area contributed by atoms with Gasteiger partial charge in [0.1, 0.15) is 11.7 Å². The van der Waals surface area contributed by atoms with Crippen LogP contribution < -0.4 is 0 Å². The van der Waals surface area contributed by atoms with E-state index in [4.69, 9.17) is 9.47 Å². The molecule has 6 fully saturated rings. The third kappa shape index (κ3) is 2.72. The van der Waals surface area contributed by atoms with E-state index in [1.54, 1.807) is 0 Å². The Morgan fingerprint density at radius 1 is 0.879 bits per heavy atom. The Morgan fingerprint density at radius 3 is 2.33 bits per heavy atom. The van der Waals surface area contributed by atoms with Gasteiger partial charge in [-0.2, -0.15) is 0 Å². The van der Waals surface area contributed by atoms with Crippen LogP contribution in [-0.2, 0) is 9.47 Å². The summed E-state index contributed by atoms with van der Waals surface area (Å²) in [5, 5.41) is 44.0. The fraction of sp³-hybridized carbons (Fsp3) is 1.00. The zero-order chi connectivity index (χ0) is 23.6. The SMILES string of the molecule is C[C@H]1CC[C@@]2(OC1)O[C@H]1C[C@H]3[C@@H]4CC[C@@]5(O)[C@@H](O)[C@@H](O)C[C@@H](O)[C@]5(C)[C@H]4CC[C@]3(C)C1[C@@H]2C. The zero-order valence-corrected chi connectivity index (χ0v) is 20.7. The van der Waals surface area contributed by atoms with E-state index in [1.807, 2.05) is 6.92 Å². The molecule has 4 saturated carbocycles. The highest BCUT2D eigenvalue weighted by atomic mass is 16.7. The highest BCUT2D eigenvalue weighted by Gasteiger charge is 2.73. The lowest BCUT2D eigenvalue weighted by Gasteiger charge is -2.66. The largest absolute Gasteiger partial charge is 0.392 e. The molecular formula is C27H44O6. The predicted octanol–water partition coefficient (Wildman–Crippen LogP) is 2.85. The summed E-state index contributed by atoms with van der Waals surface area (Å²) in [6.07, 6.45) is 3.73. The molecule has 1 spiro atoms. The van der Waals surface area contributed by atoms with Crippen LogP contribution in [0.2, 0.25) is 0 Å². The van der Waals surface area contributed by atoms with Crippen LogP contribution in [0.15, 0.2) is 0 Å². The Hall–Kier alpha value is -0.240. The summed E-state index contributed by atoms with van der Waals surface area (Å²) < 4.78 is 13.2. The van der Waals surface area contributed by atoms with Gasteiger partial charge in [0.05, 0.1) is 24.9 Å². The van der Waals surface area contributed by atoms with E-state index in [1.165, 1.54) is 0 Å². The third-order valence-corrected chi connectivity index (χ3v) is 12.3. The summed E-state index contributed by atoms with van der Waals surface area (Å²) in [4.78, 5) is 0. The molecule has 6 rings (SSSR count). The molecular weight excluding hydrogens is 420 g/mol. The lowest BCUT2D eigenvalue weighted by Crippen LogP contribution is -2.73. The van der Waals surface area contributed by atoms with Crippen molar-refractivity contribution in [3.05, 3.63) is 0 Å². The fourth-order valence-corrected chi connectivity index (χ4v) is 10.4. The van der Waals surface area contributed by atoms with Gasteiger partial charge in [0.15, 0.2) is 5.79 Å². The van der Waals surface area contributed by atoms with Crippen LogP contribution in [0.25, 0.3) is 0 Å². The predicted molar refractivity (Wildman–Crippen MR) is 122 cm³/mol. The minimum Gasteiger partial charge on any atom is -0.392 e. The molecule has 0 aromatic carbocycles. The van der Waals surface area contributed by atoms with E-state index in [-0.39, 0.29) is 23.9 Å². The molecule has 6 heteroatoms. The number of hydrogen-bond donors (Lipinski definition) is 4. The summed E-state index contributed by atoms with van der Waals surface area (Å²) >= 11 is 0. The molecule has 2 aliphatic heterocycles. The number of aliphatic hydroxyl groups is 4. The molecule has 0 radical (unpaired) electrons. The maximum atomic E-state index is 11.7. The lowest BCUT2D eigenvalue weighted by molar-refractivity contribution is -0.301. The van der Waals surface area contributed by atoms with Crippen molar-refractivity contribution in [3.8, 4) is 0 Å². The molecule has 6 aliphatic rings. The summed E-state index contributed by atoms with van der Waals surface area (Å²) in [5.74, 6) is 2.07. The Labute approximate surface area is 198 Å². The minimum absolute atomic E-state index is 0.134. The van der Waals surface area contributed by atoms with E-state index < -0.39 is 35.1 Å². The van der Waals surface area contributed by atoms with Gasteiger partial charge >= 0.3 is 0 Å². The van der Waals surface area contributed by atoms with Crippen molar-refractivity contribution in [2.24, 2.45) is 46.3 Å². The molecule has 0 aromatic rings. The first-order chi connectivity index (χ1) is 15.5. The monoisotopic (exact) mass is 464 g/mol. The van der Waals surface area contributed by atoms with Gasteiger partial charge in [0.25, 0.3) is 0 Å². The number of hydrogen-bond acceptors (Lipinski definition) is 6. The standard InChI is InChI=1S/C27H44O6/c1-14-5-10-27(32-13-14)15(2)22-20(33-27)11-18-16-6-9-26(31)23(30)19(28)12-21(29)25(26,4)17(16)7-8-24(18,22)3/h14-23,28-31H,5-13H2,1-4H3/t14-,15-,16+,17-,18-,19-,20-,21+,22?,23-,24-,25-,26+,27+/m0/s1. The van der Waals surface area contributed by atoms with Crippen LogP contribution in [0, 0.1) is 46.3 Å². The number of aliphatic hydroxyl groups excluding tert-OH is 3. The smallest absolute Gasteiger partial charge is 0.171 e.